The number of likely N-dealkylation sites (tertiary alicyclic amines) is 1. The standard InChI is InChI=1S/C33H31N3O6/c1-41-29-15-21(14-25-24(29)6-9-35-30(25)19-2-3-19)31(38)36-10-7-33(8-11-36)16-27(37)26-13-20(4-5-28(26)42-33)22-12-23(32(39)40)18-34-17-22/h4-6,9,12-15,17-20,28H,2-3,7-8,10-11,16H2,1H3,(H,39,40). The van der Waals surface area contributed by atoms with Crippen molar-refractivity contribution >= 4 is 28.4 Å². The summed E-state index contributed by atoms with van der Waals surface area (Å²) in [5.41, 5.74) is 2.40. The highest BCUT2D eigenvalue weighted by atomic mass is 16.5. The van der Waals surface area contributed by atoms with Crippen molar-refractivity contribution in [3.05, 3.63) is 89.0 Å². The molecule has 1 aromatic carbocycles. The van der Waals surface area contributed by atoms with Gasteiger partial charge in [0, 0.05) is 71.8 Å². The number of amides is 1. The summed E-state index contributed by atoms with van der Waals surface area (Å²) in [6.45, 7) is 0.974. The van der Waals surface area contributed by atoms with E-state index >= 15 is 0 Å². The summed E-state index contributed by atoms with van der Waals surface area (Å²) in [5.74, 6) is -0.216. The van der Waals surface area contributed by atoms with Crippen LogP contribution < -0.4 is 4.74 Å². The fourth-order valence-corrected chi connectivity index (χ4v) is 6.53. The Morgan fingerprint density at radius 2 is 1.88 bits per heavy atom. The van der Waals surface area contributed by atoms with Crippen LogP contribution in [0.3, 0.4) is 0 Å². The number of carbonyl (C=O) groups excluding carboxylic acids is 2. The number of carboxylic acid groups (broad SMARTS) is 1. The van der Waals surface area contributed by atoms with E-state index in [-0.39, 0.29) is 29.6 Å². The predicted molar refractivity (Wildman–Crippen MR) is 154 cm³/mol. The lowest BCUT2D eigenvalue weighted by Crippen LogP contribution is -2.53. The number of carboxylic acids is 1. The molecule has 2 aliphatic heterocycles. The van der Waals surface area contributed by atoms with E-state index in [1.165, 1.54) is 6.20 Å². The quantitative estimate of drug-likeness (QED) is 0.437. The van der Waals surface area contributed by atoms with Crippen LogP contribution in [-0.4, -0.2) is 69.5 Å². The molecule has 0 bridgehead atoms. The maximum Gasteiger partial charge on any atom is 0.337 e. The van der Waals surface area contributed by atoms with Crippen LogP contribution >= 0.6 is 0 Å². The van der Waals surface area contributed by atoms with E-state index < -0.39 is 17.7 Å². The van der Waals surface area contributed by atoms with Gasteiger partial charge in [-0.3, -0.25) is 19.6 Å². The van der Waals surface area contributed by atoms with Crippen molar-refractivity contribution < 1.29 is 29.0 Å². The van der Waals surface area contributed by atoms with Gasteiger partial charge in [0.2, 0.25) is 0 Å². The van der Waals surface area contributed by atoms with Crippen molar-refractivity contribution in [2.45, 2.75) is 55.6 Å². The van der Waals surface area contributed by atoms with Crippen molar-refractivity contribution in [2.24, 2.45) is 0 Å². The van der Waals surface area contributed by atoms with Crippen LogP contribution in [0.4, 0.5) is 0 Å². The number of piperidine rings is 1. The molecule has 2 atom stereocenters. The normalized spacial score (nSPS) is 23.0. The molecule has 4 heterocycles. The molecule has 1 amide bonds. The van der Waals surface area contributed by atoms with E-state index in [4.69, 9.17) is 9.47 Å². The molecule has 3 aromatic rings. The number of hydrogen-bond acceptors (Lipinski definition) is 7. The second-order valence-corrected chi connectivity index (χ2v) is 11.7. The minimum Gasteiger partial charge on any atom is -0.496 e. The summed E-state index contributed by atoms with van der Waals surface area (Å²) in [5, 5.41) is 11.3. The average Bonchev–Trinajstić information content (AvgIpc) is 3.86. The molecule has 2 aromatic heterocycles. The van der Waals surface area contributed by atoms with Crippen molar-refractivity contribution in [1.82, 2.24) is 14.9 Å². The average molecular weight is 566 g/mol. The first kappa shape index (κ1) is 26.5. The summed E-state index contributed by atoms with van der Waals surface area (Å²) in [4.78, 5) is 49.0. The third-order valence-corrected chi connectivity index (χ3v) is 9.00. The van der Waals surface area contributed by atoms with Gasteiger partial charge in [0.25, 0.3) is 5.91 Å². The van der Waals surface area contributed by atoms with Gasteiger partial charge in [-0.15, -0.1) is 0 Å². The number of rotatable bonds is 5. The molecular formula is C33H31N3O6. The van der Waals surface area contributed by atoms with Crippen molar-refractivity contribution in [3.63, 3.8) is 0 Å². The van der Waals surface area contributed by atoms with Gasteiger partial charge < -0.3 is 19.5 Å². The second-order valence-electron chi connectivity index (χ2n) is 11.7. The lowest BCUT2D eigenvalue weighted by Gasteiger charge is -2.46. The van der Waals surface area contributed by atoms with Crippen LogP contribution in [0.1, 0.15) is 75.9 Å². The Hall–Kier alpha value is -4.37. The van der Waals surface area contributed by atoms with E-state index in [1.807, 2.05) is 47.5 Å². The lowest BCUT2D eigenvalue weighted by atomic mass is 9.78. The number of hydrogen-bond donors (Lipinski definition) is 1. The Balaban J connectivity index is 1.06. The van der Waals surface area contributed by atoms with Crippen molar-refractivity contribution in [3.8, 4) is 5.75 Å². The Labute approximate surface area is 242 Å². The fraction of sp³-hybridized carbons (Fsp3) is 0.364. The van der Waals surface area contributed by atoms with Crippen LogP contribution in [0, 0.1) is 0 Å². The molecule has 9 heteroatoms. The fourth-order valence-electron chi connectivity index (χ4n) is 6.53. The van der Waals surface area contributed by atoms with Crippen molar-refractivity contribution in [2.75, 3.05) is 20.2 Å². The Kier molecular flexibility index (Phi) is 6.42. The van der Waals surface area contributed by atoms with Crippen molar-refractivity contribution in [1.29, 1.82) is 0 Å². The Morgan fingerprint density at radius 1 is 1.07 bits per heavy atom. The van der Waals surface area contributed by atoms with E-state index in [9.17, 15) is 19.5 Å². The number of carbonyl (C=O) groups is 3. The molecule has 4 aliphatic rings. The van der Waals surface area contributed by atoms with Gasteiger partial charge in [0.1, 0.15) is 11.9 Å². The number of fused-ring (bicyclic) bond motifs is 2. The van der Waals surface area contributed by atoms with E-state index in [0.29, 0.717) is 54.3 Å². The maximum atomic E-state index is 13.7. The Bertz CT molecular complexity index is 1680. The SMILES string of the molecule is COc1cc(C(=O)N2CCC3(CC2)CC(=O)C2=CC(c4cncc(C(=O)O)c4)C=CC2O3)cc2c(C3CC3)nccc12. The number of aromatic carboxylic acids is 1. The number of benzene rings is 1. The molecule has 2 aliphatic carbocycles. The van der Waals surface area contributed by atoms with Gasteiger partial charge in [0.15, 0.2) is 5.78 Å². The molecule has 9 nitrogen and oxygen atoms in total. The molecule has 0 radical (unpaired) electrons. The Morgan fingerprint density at radius 3 is 2.62 bits per heavy atom. The summed E-state index contributed by atoms with van der Waals surface area (Å²) in [7, 11) is 1.62. The molecular weight excluding hydrogens is 534 g/mol. The number of methoxy groups -OCH3 is 1. The number of Topliss-reactive ketones (excluding diaryl/α,β-unsaturated/α-hetero) is 1. The van der Waals surface area contributed by atoms with Gasteiger partial charge in [-0.05, 0) is 55.5 Å². The summed E-state index contributed by atoms with van der Waals surface area (Å²) >= 11 is 0. The molecule has 42 heavy (non-hydrogen) atoms. The monoisotopic (exact) mass is 565 g/mol. The molecule has 1 saturated carbocycles. The second kappa shape index (κ2) is 10.2. The predicted octanol–water partition coefficient (Wildman–Crippen LogP) is 4.83. The third-order valence-electron chi connectivity index (χ3n) is 9.00. The lowest BCUT2D eigenvalue weighted by molar-refractivity contribution is -0.145. The number of pyridine rings is 2. The molecule has 2 saturated heterocycles. The largest absolute Gasteiger partial charge is 0.496 e. The number of ketones is 1. The van der Waals surface area contributed by atoms with Gasteiger partial charge in [-0.2, -0.15) is 0 Å². The molecule has 1 spiro atoms. The third kappa shape index (κ3) is 4.67. The number of nitrogens with zero attached hydrogens (tertiary/aromatic N) is 3. The highest BCUT2D eigenvalue weighted by Crippen LogP contribution is 2.44. The highest BCUT2D eigenvalue weighted by Gasteiger charge is 2.46. The number of ether oxygens (including phenoxy) is 2. The first-order valence-electron chi connectivity index (χ1n) is 14.4. The van der Waals surface area contributed by atoms with Crippen LogP contribution in [-0.2, 0) is 9.53 Å². The van der Waals surface area contributed by atoms with Crippen LogP contribution in [0.2, 0.25) is 0 Å². The van der Waals surface area contributed by atoms with Crippen LogP contribution in [0.15, 0.2) is 66.7 Å². The summed E-state index contributed by atoms with van der Waals surface area (Å²) in [6, 6.07) is 7.28. The summed E-state index contributed by atoms with van der Waals surface area (Å²) in [6.07, 6.45) is 13.6. The van der Waals surface area contributed by atoms with Crippen LogP contribution in [0.25, 0.3) is 10.8 Å². The zero-order valence-corrected chi connectivity index (χ0v) is 23.3. The zero-order chi connectivity index (χ0) is 29.0. The first-order valence-corrected chi connectivity index (χ1v) is 14.4. The zero-order valence-electron chi connectivity index (χ0n) is 23.3. The minimum atomic E-state index is -1.04. The van der Waals surface area contributed by atoms with E-state index in [2.05, 4.69) is 9.97 Å². The molecule has 1 N–H and O–H groups in total. The van der Waals surface area contributed by atoms with E-state index in [0.717, 1.165) is 29.3 Å². The smallest absolute Gasteiger partial charge is 0.337 e. The molecule has 214 valence electrons. The van der Waals surface area contributed by atoms with Gasteiger partial charge in [-0.25, -0.2) is 4.79 Å². The van der Waals surface area contributed by atoms with Gasteiger partial charge >= 0.3 is 5.97 Å². The maximum absolute atomic E-state index is 13.7. The van der Waals surface area contributed by atoms with Gasteiger partial charge in [-0.1, -0.05) is 18.2 Å². The van der Waals surface area contributed by atoms with E-state index in [1.54, 1.807) is 19.4 Å². The molecule has 2 unspecified atom stereocenters. The topological polar surface area (TPSA) is 119 Å². The minimum absolute atomic E-state index is 0.0297. The highest BCUT2D eigenvalue weighted by molar-refractivity contribution is 6.02. The number of aromatic nitrogens is 2. The molecule has 3 fully saturated rings. The number of allylic oxidation sites excluding steroid dienone is 2. The van der Waals surface area contributed by atoms with Gasteiger partial charge in [0.05, 0.1) is 24.0 Å². The van der Waals surface area contributed by atoms with Crippen LogP contribution in [0.5, 0.6) is 5.75 Å². The first-order chi connectivity index (χ1) is 20.3. The molecule has 7 rings (SSSR count). The summed E-state index contributed by atoms with van der Waals surface area (Å²) < 4.78 is 12.2.